The van der Waals surface area contributed by atoms with Gasteiger partial charge in [0.25, 0.3) is 6.54 Å². The summed E-state index contributed by atoms with van der Waals surface area (Å²) in [6.07, 6.45) is 8.85. The molecule has 0 N–H and O–H groups in total. The summed E-state index contributed by atoms with van der Waals surface area (Å²) in [5.74, 6) is 1.59. The van der Waals surface area contributed by atoms with Crippen molar-refractivity contribution in [1.82, 2.24) is 0 Å². The Hall–Kier alpha value is -0.700. The molecule has 0 bridgehead atoms. The lowest BCUT2D eigenvalue weighted by Gasteiger charge is -2.23. The molecular weight excluding hydrogens is 267 g/mol. The van der Waals surface area contributed by atoms with Gasteiger partial charge in [0.05, 0.1) is 6.10 Å². The van der Waals surface area contributed by atoms with Crippen molar-refractivity contribution in [2.45, 2.75) is 79.8 Å². The van der Waals surface area contributed by atoms with Crippen LogP contribution in [0.2, 0.25) is 0 Å². The molecule has 0 saturated heterocycles. The Morgan fingerprint density at radius 1 is 1.29 bits per heavy atom. The van der Waals surface area contributed by atoms with E-state index >= 15 is 0 Å². The molecule has 0 saturated carbocycles. The molecule has 0 aromatic heterocycles. The van der Waals surface area contributed by atoms with Crippen molar-refractivity contribution in [3.05, 3.63) is 11.6 Å². The van der Waals surface area contributed by atoms with Crippen molar-refractivity contribution in [2.24, 2.45) is 11.8 Å². The number of carbonyl (C=O) groups is 1. The van der Waals surface area contributed by atoms with Crippen molar-refractivity contribution < 1.29 is 13.9 Å². The molecule has 126 valence electrons. The Kier molecular flexibility index (Phi) is 16.9. The highest BCUT2D eigenvalue weighted by molar-refractivity contribution is 5.35. The molecule has 1 aliphatic rings. The molecule has 0 heterocycles. The molecule has 1 aliphatic carbocycles. The third-order valence-corrected chi connectivity index (χ3v) is 3.95. The van der Waals surface area contributed by atoms with Crippen LogP contribution in [0.4, 0.5) is 4.39 Å². The van der Waals surface area contributed by atoms with Crippen LogP contribution in [-0.4, -0.2) is 19.3 Å². The number of allylic oxidation sites excluding steroid dienone is 1. The van der Waals surface area contributed by atoms with Crippen LogP contribution in [0.1, 0.15) is 73.6 Å². The number of hydrogen-bond donors (Lipinski definition) is 0. The number of ether oxygens (including phenoxy) is 1. The second-order valence-electron chi connectivity index (χ2n) is 5.36. The number of halogens is 1. The van der Waals surface area contributed by atoms with E-state index in [4.69, 9.17) is 9.53 Å². The number of unbranched alkanes of at least 4 members (excludes halogenated alkanes) is 1. The minimum Gasteiger partial charge on any atom is -0.374 e. The standard InChI is InChI=1S/C15H28O.C2H6.CHFO/c1-5-7-10-16-15-11-13(4)12(3)8-9-14(15)6-2;1-2;2-1-3/h9,12-13,15H,5-8,10-11H2,1-4H3;1-2H3;1H. The van der Waals surface area contributed by atoms with Crippen molar-refractivity contribution in [1.29, 1.82) is 0 Å². The summed E-state index contributed by atoms with van der Waals surface area (Å²) in [5.41, 5.74) is 1.53. The molecule has 0 aromatic carbocycles. The Bertz CT molecular complexity index is 264. The molecule has 3 unspecified atom stereocenters. The molecule has 0 aromatic rings. The Morgan fingerprint density at radius 2 is 1.86 bits per heavy atom. The Morgan fingerprint density at radius 3 is 2.33 bits per heavy atom. The summed E-state index contributed by atoms with van der Waals surface area (Å²) in [7, 11) is 0. The topological polar surface area (TPSA) is 26.3 Å². The van der Waals surface area contributed by atoms with Gasteiger partial charge in [-0.3, -0.25) is 4.79 Å². The summed E-state index contributed by atoms with van der Waals surface area (Å²) in [4.78, 5) is 8.14. The molecule has 1 rings (SSSR count). The first kappa shape index (κ1) is 22.6. The highest BCUT2D eigenvalue weighted by Gasteiger charge is 2.23. The molecule has 3 atom stereocenters. The van der Waals surface area contributed by atoms with Crippen LogP contribution in [0.25, 0.3) is 0 Å². The van der Waals surface area contributed by atoms with E-state index in [1.807, 2.05) is 13.8 Å². The van der Waals surface area contributed by atoms with E-state index in [0.717, 1.165) is 24.9 Å². The van der Waals surface area contributed by atoms with Gasteiger partial charge < -0.3 is 4.74 Å². The predicted molar refractivity (Wildman–Crippen MR) is 89.8 cm³/mol. The van der Waals surface area contributed by atoms with E-state index in [1.165, 1.54) is 31.3 Å². The number of hydrogen-bond acceptors (Lipinski definition) is 2. The number of rotatable bonds is 5. The maximum atomic E-state index is 9.61. The lowest BCUT2D eigenvalue weighted by Crippen LogP contribution is -2.20. The Balaban J connectivity index is 0. The highest BCUT2D eigenvalue weighted by Crippen LogP contribution is 2.30. The third-order valence-electron chi connectivity index (χ3n) is 3.95. The van der Waals surface area contributed by atoms with Crippen LogP contribution < -0.4 is 0 Å². The summed E-state index contributed by atoms with van der Waals surface area (Å²) < 4.78 is 15.7. The van der Waals surface area contributed by atoms with Gasteiger partial charge in [-0.05, 0) is 43.1 Å². The average Bonchev–Trinajstić information content (AvgIpc) is 2.62. The van der Waals surface area contributed by atoms with Crippen LogP contribution >= 0.6 is 0 Å². The van der Waals surface area contributed by atoms with Gasteiger partial charge in [-0.2, -0.15) is 4.39 Å². The second-order valence-corrected chi connectivity index (χ2v) is 5.36. The summed E-state index contributed by atoms with van der Waals surface area (Å²) in [6.45, 7) is 13.4. The molecule has 2 nitrogen and oxygen atoms in total. The zero-order valence-electron chi connectivity index (χ0n) is 14.8. The Labute approximate surface area is 131 Å². The summed E-state index contributed by atoms with van der Waals surface area (Å²) in [5, 5.41) is 0. The molecule has 0 aliphatic heterocycles. The van der Waals surface area contributed by atoms with E-state index in [2.05, 4.69) is 33.8 Å². The molecule has 21 heavy (non-hydrogen) atoms. The highest BCUT2D eigenvalue weighted by atomic mass is 19.1. The molecule has 3 heteroatoms. The van der Waals surface area contributed by atoms with E-state index < -0.39 is 6.54 Å². The lowest BCUT2D eigenvalue weighted by atomic mass is 9.90. The fourth-order valence-electron chi connectivity index (χ4n) is 2.34. The monoisotopic (exact) mass is 302 g/mol. The van der Waals surface area contributed by atoms with Gasteiger partial charge in [0.2, 0.25) is 0 Å². The smallest absolute Gasteiger partial charge is 0.289 e. The molecule has 0 amide bonds. The first-order chi connectivity index (χ1) is 10.1. The van der Waals surface area contributed by atoms with Crippen molar-refractivity contribution in [3.63, 3.8) is 0 Å². The predicted octanol–water partition coefficient (Wildman–Crippen LogP) is 5.75. The first-order valence-corrected chi connectivity index (χ1v) is 8.44. The van der Waals surface area contributed by atoms with E-state index in [9.17, 15) is 4.39 Å². The maximum Gasteiger partial charge on any atom is 0.289 e. The fourth-order valence-corrected chi connectivity index (χ4v) is 2.34. The second kappa shape index (κ2) is 15.7. The molecule has 0 radical (unpaired) electrons. The summed E-state index contributed by atoms with van der Waals surface area (Å²) >= 11 is 0. The zero-order chi connectivity index (χ0) is 16.7. The van der Waals surface area contributed by atoms with Gasteiger partial charge in [-0.25, -0.2) is 0 Å². The van der Waals surface area contributed by atoms with Gasteiger partial charge in [0.15, 0.2) is 0 Å². The number of carbonyl (C=O) groups excluding carboxylic acids is 1. The zero-order valence-corrected chi connectivity index (χ0v) is 14.8. The van der Waals surface area contributed by atoms with Gasteiger partial charge in [0.1, 0.15) is 0 Å². The molecule has 0 spiro atoms. The van der Waals surface area contributed by atoms with Gasteiger partial charge in [0, 0.05) is 6.61 Å². The van der Waals surface area contributed by atoms with Crippen LogP contribution in [0.3, 0.4) is 0 Å². The van der Waals surface area contributed by atoms with Gasteiger partial charge in [-0.1, -0.05) is 54.0 Å². The van der Waals surface area contributed by atoms with Crippen molar-refractivity contribution >= 4 is 6.54 Å². The van der Waals surface area contributed by atoms with Crippen molar-refractivity contribution in [3.8, 4) is 0 Å². The lowest BCUT2D eigenvalue weighted by molar-refractivity contribution is 0.0555. The molecule has 0 fully saturated rings. The SMILES string of the molecule is CC.CCCCOC1CC(C)C(C)CC=C1CC.O=CF. The largest absolute Gasteiger partial charge is 0.374 e. The minimum absolute atomic E-state index is 0.400. The molecular formula is C18H35FO2. The van der Waals surface area contributed by atoms with E-state index in [1.54, 1.807) is 0 Å². The van der Waals surface area contributed by atoms with E-state index in [0.29, 0.717) is 6.10 Å². The van der Waals surface area contributed by atoms with Crippen LogP contribution in [0.15, 0.2) is 11.6 Å². The van der Waals surface area contributed by atoms with Crippen LogP contribution in [0.5, 0.6) is 0 Å². The van der Waals surface area contributed by atoms with Gasteiger partial charge in [-0.15, -0.1) is 0 Å². The summed E-state index contributed by atoms with van der Waals surface area (Å²) in [6, 6.07) is 0. The normalized spacial score (nSPS) is 24.5. The quantitative estimate of drug-likeness (QED) is 0.280. The van der Waals surface area contributed by atoms with Gasteiger partial charge >= 0.3 is 0 Å². The van der Waals surface area contributed by atoms with Crippen LogP contribution in [0, 0.1) is 11.8 Å². The first-order valence-electron chi connectivity index (χ1n) is 8.44. The van der Waals surface area contributed by atoms with Crippen molar-refractivity contribution in [2.75, 3.05) is 6.61 Å². The minimum atomic E-state index is -0.750. The average molecular weight is 302 g/mol. The third kappa shape index (κ3) is 10.6. The fraction of sp³-hybridized carbons (Fsp3) is 0.833. The van der Waals surface area contributed by atoms with Crippen LogP contribution in [-0.2, 0) is 9.53 Å². The van der Waals surface area contributed by atoms with E-state index in [-0.39, 0.29) is 0 Å². The maximum absolute atomic E-state index is 9.61.